The first-order chi connectivity index (χ1) is 8.29. The lowest BCUT2D eigenvalue weighted by atomic mass is 10.2. The Morgan fingerprint density at radius 3 is 3.12 bits per heavy atom. The molecule has 1 fully saturated rings. The normalized spacial score (nSPS) is 19.6. The monoisotopic (exact) mass is 295 g/mol. The number of rotatable bonds is 3. The van der Waals surface area contributed by atoms with Crippen LogP contribution in [0.3, 0.4) is 0 Å². The Morgan fingerprint density at radius 1 is 1.59 bits per heavy atom. The minimum absolute atomic E-state index is 0.207. The van der Waals surface area contributed by atoms with Crippen LogP contribution < -0.4 is 10.6 Å². The fourth-order valence-corrected chi connectivity index (χ4v) is 2.17. The van der Waals surface area contributed by atoms with Gasteiger partial charge in [0, 0.05) is 29.8 Å². The summed E-state index contributed by atoms with van der Waals surface area (Å²) >= 11 is 3.37. The van der Waals surface area contributed by atoms with Crippen LogP contribution in [0, 0.1) is 11.3 Å². The van der Waals surface area contributed by atoms with Crippen LogP contribution in [0.15, 0.2) is 22.7 Å². The molecule has 1 heterocycles. The highest BCUT2D eigenvalue weighted by Crippen LogP contribution is 2.20. The van der Waals surface area contributed by atoms with E-state index < -0.39 is 0 Å². The zero-order valence-electron chi connectivity index (χ0n) is 9.37. The summed E-state index contributed by atoms with van der Waals surface area (Å²) in [6.07, 6.45) is 0.207. The molecule has 1 atom stereocenters. The number of hydrogen-bond donors (Lipinski definition) is 2. The smallest absolute Gasteiger partial charge is 0.100 e. The van der Waals surface area contributed by atoms with Crippen LogP contribution in [0.5, 0.6) is 0 Å². The quantitative estimate of drug-likeness (QED) is 0.892. The van der Waals surface area contributed by atoms with Gasteiger partial charge < -0.3 is 15.4 Å². The van der Waals surface area contributed by atoms with Gasteiger partial charge in [-0.2, -0.15) is 5.26 Å². The summed E-state index contributed by atoms with van der Waals surface area (Å²) in [5.41, 5.74) is 1.64. The van der Waals surface area contributed by atoms with Gasteiger partial charge >= 0.3 is 0 Å². The van der Waals surface area contributed by atoms with Gasteiger partial charge in [0.15, 0.2) is 0 Å². The molecule has 0 aliphatic carbocycles. The van der Waals surface area contributed by atoms with Crippen LogP contribution in [-0.2, 0) is 4.74 Å². The predicted molar refractivity (Wildman–Crippen MR) is 70.0 cm³/mol. The van der Waals surface area contributed by atoms with E-state index in [1.54, 1.807) is 6.07 Å². The fraction of sp³-hybridized carbons (Fsp3) is 0.417. The summed E-state index contributed by atoms with van der Waals surface area (Å²) in [6.45, 7) is 3.35. The SMILES string of the molecule is N#Cc1ccc(NCC2CNCCO2)cc1Br. The molecular weight excluding hydrogens is 282 g/mol. The van der Waals surface area contributed by atoms with Gasteiger partial charge in [-0.3, -0.25) is 0 Å². The van der Waals surface area contributed by atoms with Crippen molar-refractivity contribution in [2.75, 3.05) is 31.6 Å². The molecule has 1 unspecified atom stereocenters. The van der Waals surface area contributed by atoms with E-state index in [0.29, 0.717) is 5.56 Å². The van der Waals surface area contributed by atoms with Gasteiger partial charge in [-0.05, 0) is 34.1 Å². The molecule has 1 aliphatic heterocycles. The van der Waals surface area contributed by atoms with E-state index in [2.05, 4.69) is 32.6 Å². The van der Waals surface area contributed by atoms with Crippen molar-refractivity contribution >= 4 is 21.6 Å². The molecular formula is C12H14BrN3O. The van der Waals surface area contributed by atoms with Gasteiger partial charge in [-0.25, -0.2) is 0 Å². The summed E-state index contributed by atoms with van der Waals surface area (Å²) in [4.78, 5) is 0. The summed E-state index contributed by atoms with van der Waals surface area (Å²) in [7, 11) is 0. The largest absolute Gasteiger partial charge is 0.382 e. The molecule has 4 nitrogen and oxygen atoms in total. The van der Waals surface area contributed by atoms with E-state index in [1.807, 2.05) is 12.1 Å². The molecule has 0 radical (unpaired) electrons. The van der Waals surface area contributed by atoms with Crippen LogP contribution >= 0.6 is 15.9 Å². The lowest BCUT2D eigenvalue weighted by molar-refractivity contribution is 0.0372. The molecule has 2 rings (SSSR count). The van der Waals surface area contributed by atoms with Gasteiger partial charge in [0.2, 0.25) is 0 Å². The van der Waals surface area contributed by atoms with Gasteiger partial charge in [0.1, 0.15) is 6.07 Å². The first kappa shape index (κ1) is 12.4. The first-order valence-corrected chi connectivity index (χ1v) is 6.35. The maximum Gasteiger partial charge on any atom is 0.100 e. The summed E-state index contributed by atoms with van der Waals surface area (Å²) in [6, 6.07) is 7.73. The number of nitrogens with zero attached hydrogens (tertiary/aromatic N) is 1. The molecule has 5 heteroatoms. The molecule has 1 aromatic carbocycles. The van der Waals surface area contributed by atoms with Crippen LogP contribution in [0.1, 0.15) is 5.56 Å². The van der Waals surface area contributed by atoms with Crippen LogP contribution in [0.2, 0.25) is 0 Å². The molecule has 0 saturated carbocycles. The number of nitriles is 1. The minimum Gasteiger partial charge on any atom is -0.382 e. The maximum atomic E-state index is 8.81. The highest BCUT2D eigenvalue weighted by atomic mass is 79.9. The van der Waals surface area contributed by atoms with Gasteiger partial charge in [0.05, 0.1) is 18.3 Å². The Morgan fingerprint density at radius 2 is 2.47 bits per heavy atom. The Hall–Kier alpha value is -1.09. The molecule has 90 valence electrons. The Kier molecular flexibility index (Phi) is 4.37. The van der Waals surface area contributed by atoms with E-state index in [0.717, 1.165) is 36.4 Å². The molecule has 0 bridgehead atoms. The van der Waals surface area contributed by atoms with Gasteiger partial charge in [0.25, 0.3) is 0 Å². The number of anilines is 1. The third kappa shape index (κ3) is 3.43. The maximum absolute atomic E-state index is 8.81. The number of nitrogens with one attached hydrogen (secondary N) is 2. The van der Waals surface area contributed by atoms with Crippen molar-refractivity contribution in [2.24, 2.45) is 0 Å². The van der Waals surface area contributed by atoms with E-state index in [9.17, 15) is 0 Å². The van der Waals surface area contributed by atoms with Crippen LogP contribution in [-0.4, -0.2) is 32.3 Å². The number of ether oxygens (including phenoxy) is 1. The second-order valence-corrected chi connectivity index (χ2v) is 4.74. The van der Waals surface area contributed by atoms with Crippen molar-refractivity contribution < 1.29 is 4.74 Å². The molecule has 0 amide bonds. The summed E-state index contributed by atoms with van der Waals surface area (Å²) < 4.78 is 6.40. The highest BCUT2D eigenvalue weighted by Gasteiger charge is 2.12. The van der Waals surface area contributed by atoms with Crippen molar-refractivity contribution in [2.45, 2.75) is 6.10 Å². The van der Waals surface area contributed by atoms with Crippen LogP contribution in [0.4, 0.5) is 5.69 Å². The zero-order valence-corrected chi connectivity index (χ0v) is 11.0. The first-order valence-electron chi connectivity index (χ1n) is 5.55. The van der Waals surface area contributed by atoms with Gasteiger partial charge in [-0.1, -0.05) is 0 Å². The lowest BCUT2D eigenvalue weighted by Gasteiger charge is -2.24. The average Bonchev–Trinajstić information content (AvgIpc) is 2.38. The fourth-order valence-electron chi connectivity index (χ4n) is 1.70. The predicted octanol–water partition coefficient (Wildman–Crippen LogP) is 1.72. The average molecular weight is 296 g/mol. The van der Waals surface area contributed by atoms with E-state index in [4.69, 9.17) is 10.00 Å². The molecule has 17 heavy (non-hydrogen) atoms. The molecule has 1 saturated heterocycles. The third-order valence-corrected chi connectivity index (χ3v) is 3.28. The topological polar surface area (TPSA) is 57.1 Å². The lowest BCUT2D eigenvalue weighted by Crippen LogP contribution is -2.42. The van der Waals surface area contributed by atoms with Crippen LogP contribution in [0.25, 0.3) is 0 Å². The Labute approximate surface area is 109 Å². The number of benzene rings is 1. The van der Waals surface area contributed by atoms with Crippen molar-refractivity contribution in [3.63, 3.8) is 0 Å². The Bertz CT molecular complexity index is 424. The van der Waals surface area contributed by atoms with Crippen molar-refractivity contribution in [3.8, 4) is 6.07 Å². The number of morpholine rings is 1. The third-order valence-electron chi connectivity index (χ3n) is 2.63. The molecule has 2 N–H and O–H groups in total. The minimum atomic E-state index is 0.207. The second kappa shape index (κ2) is 6.01. The molecule has 1 aromatic rings. The highest BCUT2D eigenvalue weighted by molar-refractivity contribution is 9.10. The Balaban J connectivity index is 1.90. The summed E-state index contributed by atoms with van der Waals surface area (Å²) in [5, 5.41) is 15.4. The van der Waals surface area contributed by atoms with Crippen molar-refractivity contribution in [1.29, 1.82) is 5.26 Å². The zero-order chi connectivity index (χ0) is 12.1. The molecule has 1 aliphatic rings. The summed E-state index contributed by atoms with van der Waals surface area (Å²) in [5.74, 6) is 0. The van der Waals surface area contributed by atoms with E-state index >= 15 is 0 Å². The van der Waals surface area contributed by atoms with E-state index in [-0.39, 0.29) is 6.10 Å². The number of hydrogen-bond acceptors (Lipinski definition) is 4. The standard InChI is InChI=1S/C12H14BrN3O/c13-12-5-10(2-1-9(12)6-14)16-8-11-7-15-3-4-17-11/h1-2,5,11,15-16H,3-4,7-8H2. The van der Waals surface area contributed by atoms with Gasteiger partial charge in [-0.15, -0.1) is 0 Å². The van der Waals surface area contributed by atoms with Crippen molar-refractivity contribution in [3.05, 3.63) is 28.2 Å². The van der Waals surface area contributed by atoms with E-state index in [1.165, 1.54) is 0 Å². The number of halogens is 1. The molecule has 0 spiro atoms. The second-order valence-electron chi connectivity index (χ2n) is 3.88. The van der Waals surface area contributed by atoms with Crippen molar-refractivity contribution in [1.82, 2.24) is 5.32 Å². The molecule has 0 aromatic heterocycles.